The van der Waals surface area contributed by atoms with E-state index in [2.05, 4.69) is 13.8 Å². The maximum Gasteiger partial charge on any atom is 0.209 e. The zero-order valence-electron chi connectivity index (χ0n) is 11.8. The van der Waals surface area contributed by atoms with Gasteiger partial charge in [-0.15, -0.1) is 0 Å². The van der Waals surface area contributed by atoms with E-state index in [0.29, 0.717) is 13.0 Å². The summed E-state index contributed by atoms with van der Waals surface area (Å²) in [6.45, 7) is 6.72. The normalized spacial score (nSPS) is 13.3. The largest absolute Gasteiger partial charge is 0.494 e. The van der Waals surface area contributed by atoms with Crippen molar-refractivity contribution >= 4 is 10.0 Å². The molecule has 0 spiro atoms. The van der Waals surface area contributed by atoms with Crippen molar-refractivity contribution in [2.45, 2.75) is 33.6 Å². The molecule has 0 aliphatic rings. The van der Waals surface area contributed by atoms with Crippen LogP contribution in [0.4, 0.5) is 0 Å². The van der Waals surface area contributed by atoms with Crippen LogP contribution in [0.25, 0.3) is 0 Å². The Bertz CT molecular complexity index is 511. The molecule has 0 fully saturated rings. The van der Waals surface area contributed by atoms with Crippen LogP contribution < -0.4 is 9.88 Å². The zero-order chi connectivity index (χ0) is 14.5. The van der Waals surface area contributed by atoms with Crippen molar-refractivity contribution in [3.8, 4) is 5.75 Å². The van der Waals surface area contributed by atoms with Crippen LogP contribution in [-0.2, 0) is 10.0 Å². The molecule has 0 heterocycles. The van der Waals surface area contributed by atoms with Crippen molar-refractivity contribution in [3.05, 3.63) is 29.3 Å². The number of sulfonamides is 1. The summed E-state index contributed by atoms with van der Waals surface area (Å²) in [7, 11) is -3.35. The quantitative estimate of drug-likeness (QED) is 0.836. The molecule has 0 radical (unpaired) electrons. The fraction of sp³-hybridized carbons (Fsp3) is 0.571. The second-order valence-electron chi connectivity index (χ2n) is 5.14. The zero-order valence-corrected chi connectivity index (χ0v) is 12.7. The lowest BCUT2D eigenvalue weighted by molar-refractivity contribution is 0.281. The van der Waals surface area contributed by atoms with Gasteiger partial charge in [-0.1, -0.05) is 13.0 Å². The number of aryl methyl sites for hydroxylation is 2. The molecule has 4 nitrogen and oxygen atoms in total. The first-order valence-electron chi connectivity index (χ1n) is 6.48. The van der Waals surface area contributed by atoms with Crippen LogP contribution in [-0.4, -0.2) is 20.8 Å². The molecule has 0 aliphatic carbocycles. The molecular formula is C14H23NO3S. The SMILES string of the molecule is Cc1ccc(OCCC(C)CCS(N)(=O)=O)cc1C. The average Bonchev–Trinajstić information content (AvgIpc) is 2.30. The van der Waals surface area contributed by atoms with Gasteiger partial charge in [0.05, 0.1) is 12.4 Å². The molecule has 0 bridgehead atoms. The lowest BCUT2D eigenvalue weighted by Crippen LogP contribution is -2.18. The van der Waals surface area contributed by atoms with Crippen molar-refractivity contribution in [3.63, 3.8) is 0 Å². The summed E-state index contributed by atoms with van der Waals surface area (Å²) in [6.07, 6.45) is 1.40. The summed E-state index contributed by atoms with van der Waals surface area (Å²) in [4.78, 5) is 0. The number of nitrogens with two attached hydrogens (primary N) is 1. The highest BCUT2D eigenvalue weighted by Gasteiger charge is 2.08. The predicted octanol–water partition coefficient (Wildman–Crippen LogP) is 2.39. The first kappa shape index (κ1) is 16.0. The summed E-state index contributed by atoms with van der Waals surface area (Å²) < 4.78 is 27.4. The van der Waals surface area contributed by atoms with E-state index in [-0.39, 0.29) is 11.7 Å². The van der Waals surface area contributed by atoms with Gasteiger partial charge in [0.25, 0.3) is 0 Å². The third kappa shape index (κ3) is 6.59. The number of rotatable bonds is 7. The van der Waals surface area contributed by atoms with Gasteiger partial charge < -0.3 is 4.74 Å². The van der Waals surface area contributed by atoms with E-state index in [9.17, 15) is 8.42 Å². The van der Waals surface area contributed by atoms with E-state index in [4.69, 9.17) is 9.88 Å². The minimum atomic E-state index is -3.35. The molecule has 0 saturated carbocycles. The maximum atomic E-state index is 10.8. The average molecular weight is 285 g/mol. The second kappa shape index (κ2) is 6.91. The molecule has 1 atom stereocenters. The van der Waals surface area contributed by atoms with Crippen LogP contribution in [0.3, 0.4) is 0 Å². The van der Waals surface area contributed by atoms with Gasteiger partial charge in [0, 0.05) is 0 Å². The summed E-state index contributed by atoms with van der Waals surface area (Å²) in [5.74, 6) is 1.18. The Morgan fingerprint density at radius 2 is 1.89 bits per heavy atom. The van der Waals surface area contributed by atoms with Crippen molar-refractivity contribution < 1.29 is 13.2 Å². The van der Waals surface area contributed by atoms with Gasteiger partial charge in [-0.2, -0.15) is 0 Å². The van der Waals surface area contributed by atoms with E-state index in [0.717, 1.165) is 12.2 Å². The molecule has 0 aliphatic heterocycles. The Morgan fingerprint density at radius 1 is 1.21 bits per heavy atom. The molecule has 2 N–H and O–H groups in total. The molecule has 1 aromatic rings. The molecule has 1 unspecified atom stereocenters. The van der Waals surface area contributed by atoms with Gasteiger partial charge in [-0.05, 0) is 55.9 Å². The van der Waals surface area contributed by atoms with Gasteiger partial charge in [0.2, 0.25) is 10.0 Å². The molecule has 0 saturated heterocycles. The van der Waals surface area contributed by atoms with Gasteiger partial charge in [0.1, 0.15) is 5.75 Å². The number of primary sulfonamides is 1. The van der Waals surface area contributed by atoms with Gasteiger partial charge >= 0.3 is 0 Å². The number of hydrogen-bond acceptors (Lipinski definition) is 3. The van der Waals surface area contributed by atoms with E-state index in [1.807, 2.05) is 25.1 Å². The smallest absolute Gasteiger partial charge is 0.209 e. The van der Waals surface area contributed by atoms with Crippen LogP contribution >= 0.6 is 0 Å². The topological polar surface area (TPSA) is 69.4 Å². The minimum absolute atomic E-state index is 0.0395. The molecule has 0 amide bonds. The van der Waals surface area contributed by atoms with Crippen LogP contribution in [0, 0.1) is 19.8 Å². The summed E-state index contributed by atoms with van der Waals surface area (Å²) >= 11 is 0. The predicted molar refractivity (Wildman–Crippen MR) is 77.8 cm³/mol. The van der Waals surface area contributed by atoms with Crippen LogP contribution in [0.5, 0.6) is 5.75 Å². The fourth-order valence-electron chi connectivity index (χ4n) is 1.69. The summed E-state index contributed by atoms with van der Waals surface area (Å²) in [6, 6.07) is 6.01. The number of ether oxygens (including phenoxy) is 1. The van der Waals surface area contributed by atoms with Crippen LogP contribution in [0.15, 0.2) is 18.2 Å². The van der Waals surface area contributed by atoms with Crippen molar-refractivity contribution in [1.29, 1.82) is 0 Å². The molecule has 19 heavy (non-hydrogen) atoms. The Hall–Kier alpha value is -1.07. The highest BCUT2D eigenvalue weighted by Crippen LogP contribution is 2.17. The highest BCUT2D eigenvalue weighted by molar-refractivity contribution is 7.89. The van der Waals surface area contributed by atoms with Gasteiger partial charge in [0.15, 0.2) is 0 Å². The fourth-order valence-corrected chi connectivity index (χ4v) is 2.42. The van der Waals surface area contributed by atoms with E-state index < -0.39 is 10.0 Å². The van der Waals surface area contributed by atoms with Gasteiger partial charge in [-0.25, -0.2) is 13.6 Å². The van der Waals surface area contributed by atoms with E-state index in [1.165, 1.54) is 11.1 Å². The Morgan fingerprint density at radius 3 is 2.47 bits per heavy atom. The standard InChI is InChI=1S/C14H23NO3S/c1-11(7-9-19(15,16)17)6-8-18-14-5-4-12(2)13(3)10-14/h4-5,10-11H,6-9H2,1-3H3,(H2,15,16,17). The second-order valence-corrected chi connectivity index (χ2v) is 6.88. The van der Waals surface area contributed by atoms with E-state index >= 15 is 0 Å². The highest BCUT2D eigenvalue weighted by atomic mass is 32.2. The molecule has 1 aromatic carbocycles. The van der Waals surface area contributed by atoms with Crippen LogP contribution in [0.2, 0.25) is 0 Å². The molecule has 0 aromatic heterocycles. The lowest BCUT2D eigenvalue weighted by atomic mass is 10.1. The molecular weight excluding hydrogens is 262 g/mol. The third-order valence-electron chi connectivity index (χ3n) is 3.25. The molecule has 5 heteroatoms. The van der Waals surface area contributed by atoms with Gasteiger partial charge in [-0.3, -0.25) is 0 Å². The molecule has 108 valence electrons. The summed E-state index contributed by atoms with van der Waals surface area (Å²) in [5.41, 5.74) is 2.45. The van der Waals surface area contributed by atoms with E-state index in [1.54, 1.807) is 0 Å². The number of hydrogen-bond donors (Lipinski definition) is 1. The monoisotopic (exact) mass is 285 g/mol. The Balaban J connectivity index is 2.31. The van der Waals surface area contributed by atoms with Crippen molar-refractivity contribution in [2.75, 3.05) is 12.4 Å². The minimum Gasteiger partial charge on any atom is -0.494 e. The first-order valence-corrected chi connectivity index (χ1v) is 8.20. The van der Waals surface area contributed by atoms with Crippen molar-refractivity contribution in [1.82, 2.24) is 0 Å². The Kier molecular flexibility index (Phi) is 5.82. The molecule has 1 rings (SSSR count). The summed E-state index contributed by atoms with van der Waals surface area (Å²) in [5, 5.41) is 4.98. The lowest BCUT2D eigenvalue weighted by Gasteiger charge is -2.12. The van der Waals surface area contributed by atoms with Crippen LogP contribution in [0.1, 0.15) is 30.9 Å². The Labute approximate surface area is 116 Å². The first-order chi connectivity index (χ1) is 8.78. The number of benzene rings is 1. The van der Waals surface area contributed by atoms with Crippen molar-refractivity contribution in [2.24, 2.45) is 11.1 Å². The maximum absolute atomic E-state index is 10.8. The third-order valence-corrected chi connectivity index (χ3v) is 4.06.